The highest BCUT2D eigenvalue weighted by molar-refractivity contribution is 8.18. The van der Waals surface area contributed by atoms with E-state index in [4.69, 9.17) is 0 Å². The van der Waals surface area contributed by atoms with Crippen molar-refractivity contribution in [3.63, 3.8) is 0 Å². The van der Waals surface area contributed by atoms with Gasteiger partial charge >= 0.3 is 0 Å². The lowest BCUT2D eigenvalue weighted by Crippen LogP contribution is -2.44. The Kier molecular flexibility index (Phi) is 8.27. The molecule has 1 aromatic rings. The zero-order chi connectivity index (χ0) is 21.3. The number of amides is 2. The van der Waals surface area contributed by atoms with E-state index in [0.717, 1.165) is 10.3 Å². The smallest absolute Gasteiger partial charge is 0.241 e. The summed E-state index contributed by atoms with van der Waals surface area (Å²) in [6, 6.07) is 9.93. The number of carbonyl (C=O) groups is 2. The maximum absolute atomic E-state index is 12.9. The average Bonchev–Trinajstić information content (AvgIpc) is 3.50. The molecule has 150 valence electrons. The van der Waals surface area contributed by atoms with Gasteiger partial charge < -0.3 is 10.6 Å². The first-order valence-corrected chi connectivity index (χ1v) is 10.3. The molecular weight excluding hydrogens is 381 g/mol. The van der Waals surface area contributed by atoms with Crippen molar-refractivity contribution in [3.05, 3.63) is 78.4 Å². The van der Waals surface area contributed by atoms with Crippen LogP contribution in [0.4, 0.5) is 0 Å². The second-order valence-corrected chi connectivity index (χ2v) is 7.82. The van der Waals surface area contributed by atoms with Crippen LogP contribution in [0, 0.1) is 5.41 Å². The van der Waals surface area contributed by atoms with Crippen molar-refractivity contribution >= 4 is 41.5 Å². The average molecular weight is 407 g/mol. The molecule has 0 aromatic heterocycles. The van der Waals surface area contributed by atoms with Crippen LogP contribution in [0.5, 0.6) is 0 Å². The summed E-state index contributed by atoms with van der Waals surface area (Å²) >= 11 is 1.27. The molecule has 0 unspecified atom stereocenters. The molecule has 1 aliphatic carbocycles. The number of thioether (sulfide) groups is 1. The van der Waals surface area contributed by atoms with Crippen molar-refractivity contribution < 1.29 is 9.59 Å². The molecule has 0 heterocycles. The Morgan fingerprint density at radius 3 is 2.38 bits per heavy atom. The fourth-order valence-electron chi connectivity index (χ4n) is 2.70. The topological polar surface area (TPSA) is 70.6 Å². The number of nitrogens with one attached hydrogen (secondary N) is 2. The van der Waals surface area contributed by atoms with Crippen molar-refractivity contribution in [2.75, 3.05) is 0 Å². The minimum absolute atomic E-state index is 0.299. The summed E-state index contributed by atoms with van der Waals surface area (Å²) in [6.07, 6.45) is 7.80. The molecule has 1 fully saturated rings. The molecule has 1 saturated carbocycles. The Hall–Kier alpha value is -2.80. The number of aliphatic imine (C=N–C) groups is 1. The largest absolute Gasteiger partial charge is 0.325 e. The monoisotopic (exact) mass is 407 g/mol. The van der Waals surface area contributed by atoms with Crippen LogP contribution in [-0.2, 0) is 9.59 Å². The van der Waals surface area contributed by atoms with E-state index in [0.29, 0.717) is 31.0 Å². The summed E-state index contributed by atoms with van der Waals surface area (Å²) < 4.78 is 0. The van der Waals surface area contributed by atoms with Gasteiger partial charge in [-0.2, -0.15) is 0 Å². The number of rotatable bonds is 8. The predicted molar refractivity (Wildman–Crippen MR) is 124 cm³/mol. The number of hydrogen-bond donors (Lipinski definition) is 2. The van der Waals surface area contributed by atoms with Gasteiger partial charge in [-0.25, -0.2) is 4.99 Å². The summed E-state index contributed by atoms with van der Waals surface area (Å²) in [4.78, 5) is 30.5. The van der Waals surface area contributed by atoms with Crippen molar-refractivity contribution in [1.82, 2.24) is 10.6 Å². The van der Waals surface area contributed by atoms with Crippen LogP contribution in [0.3, 0.4) is 0 Å². The van der Waals surface area contributed by atoms with Crippen LogP contribution in [0.15, 0.2) is 83.4 Å². The molecule has 0 spiro atoms. The zero-order valence-corrected chi connectivity index (χ0v) is 17.7. The van der Waals surface area contributed by atoms with E-state index in [2.05, 4.69) is 28.8 Å². The summed E-state index contributed by atoms with van der Waals surface area (Å²) in [5.74, 6) is -0.654. The van der Waals surface area contributed by atoms with Crippen LogP contribution in [0.25, 0.3) is 0 Å². The lowest BCUT2D eigenvalue weighted by Gasteiger charge is -2.17. The van der Waals surface area contributed by atoms with Crippen LogP contribution < -0.4 is 16.1 Å². The summed E-state index contributed by atoms with van der Waals surface area (Å²) in [5.41, 5.74) is 0.733. The molecule has 2 rings (SSSR count). The fraction of sp³-hybridized carbons (Fsp3) is 0.227. The van der Waals surface area contributed by atoms with Gasteiger partial charge in [0.1, 0.15) is 5.41 Å². The van der Waals surface area contributed by atoms with Crippen molar-refractivity contribution in [2.45, 2.75) is 26.7 Å². The first kappa shape index (κ1) is 22.5. The predicted octanol–water partition coefficient (Wildman–Crippen LogP) is 2.94. The van der Waals surface area contributed by atoms with Crippen molar-refractivity contribution in [1.29, 1.82) is 0 Å². The first-order chi connectivity index (χ1) is 13.9. The van der Waals surface area contributed by atoms with Crippen LogP contribution in [0.2, 0.25) is 0 Å². The number of amidine groups is 1. The van der Waals surface area contributed by atoms with E-state index in [1.54, 1.807) is 12.2 Å². The lowest BCUT2D eigenvalue weighted by molar-refractivity contribution is -0.135. The SMILES string of the molecule is C=C/N=C(/NC(=O)C1(C(=O)NC(/C=C\C)=C/C)CC1)SC(=C)Bc1ccccc1. The van der Waals surface area contributed by atoms with Gasteiger partial charge in [0.2, 0.25) is 11.8 Å². The molecule has 5 nitrogen and oxygen atoms in total. The van der Waals surface area contributed by atoms with Gasteiger partial charge in [0.15, 0.2) is 12.4 Å². The van der Waals surface area contributed by atoms with E-state index in [-0.39, 0.29) is 11.8 Å². The minimum Gasteiger partial charge on any atom is -0.325 e. The van der Waals surface area contributed by atoms with Gasteiger partial charge in [0, 0.05) is 11.9 Å². The van der Waals surface area contributed by atoms with Crippen LogP contribution >= 0.6 is 11.8 Å². The molecule has 0 saturated heterocycles. The molecule has 1 aliphatic rings. The molecule has 2 N–H and O–H groups in total. The second kappa shape index (κ2) is 10.7. The van der Waals surface area contributed by atoms with Crippen molar-refractivity contribution in [3.8, 4) is 0 Å². The van der Waals surface area contributed by atoms with Gasteiger partial charge in [-0.05, 0) is 37.6 Å². The maximum Gasteiger partial charge on any atom is 0.241 e. The molecule has 7 heteroatoms. The molecule has 0 radical (unpaired) electrons. The third-order valence-corrected chi connectivity index (χ3v) is 5.28. The molecule has 0 aliphatic heterocycles. The number of benzene rings is 1. The molecule has 29 heavy (non-hydrogen) atoms. The van der Waals surface area contributed by atoms with E-state index in [9.17, 15) is 9.59 Å². The van der Waals surface area contributed by atoms with Gasteiger partial charge in [-0.1, -0.05) is 72.9 Å². The highest BCUT2D eigenvalue weighted by Gasteiger charge is 2.56. The third-order valence-electron chi connectivity index (χ3n) is 4.45. The Morgan fingerprint density at radius 2 is 1.83 bits per heavy atom. The summed E-state index contributed by atoms with van der Waals surface area (Å²) in [5, 5.41) is 5.97. The number of hydrogen-bond acceptors (Lipinski definition) is 4. The Morgan fingerprint density at radius 1 is 1.17 bits per heavy atom. The number of carbonyl (C=O) groups excluding carboxylic acids is 2. The highest BCUT2D eigenvalue weighted by Crippen LogP contribution is 2.46. The molecule has 0 atom stereocenters. The van der Waals surface area contributed by atoms with Gasteiger partial charge in [-0.15, -0.1) is 0 Å². The van der Waals surface area contributed by atoms with E-state index in [1.807, 2.05) is 50.3 Å². The Balaban J connectivity index is 2.01. The molecular formula is C22H26BN3O2S. The molecule has 0 bridgehead atoms. The van der Waals surface area contributed by atoms with Crippen LogP contribution in [0.1, 0.15) is 26.7 Å². The van der Waals surface area contributed by atoms with Gasteiger partial charge in [0.25, 0.3) is 0 Å². The number of allylic oxidation sites excluding steroid dienone is 3. The van der Waals surface area contributed by atoms with E-state index >= 15 is 0 Å². The zero-order valence-electron chi connectivity index (χ0n) is 16.9. The summed E-state index contributed by atoms with van der Waals surface area (Å²) in [7, 11) is 0.650. The normalized spacial score (nSPS) is 15.5. The van der Waals surface area contributed by atoms with Gasteiger partial charge in [0.05, 0.1) is 0 Å². The third kappa shape index (κ3) is 6.36. The first-order valence-electron chi connectivity index (χ1n) is 9.45. The van der Waals surface area contributed by atoms with Crippen LogP contribution in [-0.4, -0.2) is 24.3 Å². The number of nitrogens with zero attached hydrogens (tertiary/aromatic N) is 1. The fourth-order valence-corrected chi connectivity index (χ4v) is 3.49. The van der Waals surface area contributed by atoms with E-state index in [1.165, 1.54) is 18.0 Å². The molecule has 2 amide bonds. The molecule has 1 aromatic carbocycles. The van der Waals surface area contributed by atoms with Crippen molar-refractivity contribution in [2.24, 2.45) is 10.4 Å². The Bertz CT molecular complexity index is 871. The van der Waals surface area contributed by atoms with Gasteiger partial charge in [-0.3, -0.25) is 9.59 Å². The minimum atomic E-state index is -1.06. The quantitative estimate of drug-likeness (QED) is 0.229. The highest BCUT2D eigenvalue weighted by atomic mass is 32.2. The second-order valence-electron chi connectivity index (χ2n) is 6.65. The maximum atomic E-state index is 12.9. The van der Waals surface area contributed by atoms with E-state index < -0.39 is 5.41 Å². The standard InChI is InChI=1S/C22H26BN3O2S/c1-5-11-18(6-2)25-19(27)22(14-15-22)20(28)26-21(24-7-3)29-16(4)23-17-12-9-8-10-13-17/h5-13,23H,3-4,14-15H2,1-2H3,(H,25,27)(H,24,26,28)/b11-5-,18-6+. The summed E-state index contributed by atoms with van der Waals surface area (Å²) in [6.45, 7) is 11.4. The lowest BCUT2D eigenvalue weighted by atomic mass is 9.70. The Labute approximate surface area is 177 Å².